The molecule has 0 radical (unpaired) electrons. The summed E-state index contributed by atoms with van der Waals surface area (Å²) in [7, 11) is 0. The van der Waals surface area contributed by atoms with Crippen molar-refractivity contribution in [3.05, 3.63) is 0 Å². The predicted molar refractivity (Wildman–Crippen MR) is 132 cm³/mol. The average molecular weight is 525 g/mol. The van der Waals surface area contributed by atoms with E-state index in [1.54, 1.807) is 0 Å². The third-order valence-electron chi connectivity index (χ3n) is 5.97. The first-order valence-corrected chi connectivity index (χ1v) is 11.5. The Balaban J connectivity index is 0.00000420. The number of hydrogen-bond acceptors (Lipinski definition) is 4. The van der Waals surface area contributed by atoms with Crippen LogP contribution < -0.4 is 10.6 Å². The van der Waals surface area contributed by atoms with E-state index < -0.39 is 0 Å². The van der Waals surface area contributed by atoms with Crippen LogP contribution in [0.2, 0.25) is 0 Å². The Bertz CT molecular complexity index is 437. The fourth-order valence-electron chi connectivity index (χ4n) is 3.98. The fraction of sp³-hybridized carbons (Fsp3) is 0.955. The lowest BCUT2D eigenvalue weighted by atomic mass is 9.94. The summed E-state index contributed by atoms with van der Waals surface area (Å²) in [6.07, 6.45) is 4.77. The van der Waals surface area contributed by atoms with Gasteiger partial charge in [-0.2, -0.15) is 0 Å². The monoisotopic (exact) mass is 524 g/mol. The van der Waals surface area contributed by atoms with Gasteiger partial charge in [-0.15, -0.1) is 24.0 Å². The minimum absolute atomic E-state index is 0. The van der Waals surface area contributed by atoms with Gasteiger partial charge in [0.25, 0.3) is 0 Å². The number of ether oxygens (including phenoxy) is 2. The number of nitrogens with zero attached hydrogens (tertiary/aromatic N) is 2. The van der Waals surface area contributed by atoms with E-state index in [0.29, 0.717) is 17.9 Å². The maximum absolute atomic E-state index is 5.79. The fourth-order valence-corrected chi connectivity index (χ4v) is 3.98. The van der Waals surface area contributed by atoms with Gasteiger partial charge < -0.3 is 20.1 Å². The van der Waals surface area contributed by atoms with Crippen LogP contribution in [0.5, 0.6) is 0 Å². The molecule has 2 fully saturated rings. The van der Waals surface area contributed by atoms with Crippen molar-refractivity contribution in [2.24, 2.45) is 22.7 Å². The second-order valence-electron chi connectivity index (χ2n) is 8.83. The molecular weight excluding hydrogens is 479 g/mol. The van der Waals surface area contributed by atoms with Crippen LogP contribution in [0.1, 0.15) is 53.4 Å². The molecule has 0 bridgehead atoms. The molecule has 2 atom stereocenters. The van der Waals surface area contributed by atoms with Gasteiger partial charge in [0.1, 0.15) is 0 Å². The van der Waals surface area contributed by atoms with E-state index in [1.807, 2.05) is 0 Å². The summed E-state index contributed by atoms with van der Waals surface area (Å²) < 4.78 is 11.2. The topological polar surface area (TPSA) is 58.1 Å². The maximum Gasteiger partial charge on any atom is 0.191 e. The number of aliphatic imine (C=N–C) groups is 1. The van der Waals surface area contributed by atoms with E-state index in [1.165, 1.54) is 25.9 Å². The number of nitrogens with one attached hydrogen (secondary N) is 2. The molecule has 0 saturated carbocycles. The molecule has 2 aliphatic rings. The van der Waals surface area contributed by atoms with Crippen molar-refractivity contribution in [2.45, 2.75) is 59.4 Å². The summed E-state index contributed by atoms with van der Waals surface area (Å²) in [4.78, 5) is 7.56. The Morgan fingerprint density at radius 2 is 1.97 bits per heavy atom. The highest BCUT2D eigenvalue weighted by molar-refractivity contribution is 14.0. The van der Waals surface area contributed by atoms with Gasteiger partial charge in [-0.25, -0.2) is 0 Å². The molecule has 0 aromatic carbocycles. The van der Waals surface area contributed by atoms with Crippen LogP contribution in [-0.4, -0.2) is 76.1 Å². The molecule has 2 rings (SSSR count). The summed E-state index contributed by atoms with van der Waals surface area (Å²) >= 11 is 0. The van der Waals surface area contributed by atoms with E-state index in [9.17, 15) is 0 Å². The van der Waals surface area contributed by atoms with Gasteiger partial charge in [-0.05, 0) is 57.5 Å². The number of halogens is 1. The summed E-state index contributed by atoms with van der Waals surface area (Å²) in [5.74, 6) is 3.02. The summed E-state index contributed by atoms with van der Waals surface area (Å²) in [6, 6.07) is 0.528. The Hall–Kier alpha value is -0.120. The van der Waals surface area contributed by atoms with Crippen LogP contribution in [0, 0.1) is 17.8 Å². The van der Waals surface area contributed by atoms with Gasteiger partial charge >= 0.3 is 0 Å². The zero-order valence-electron chi connectivity index (χ0n) is 19.1. The quantitative estimate of drug-likeness (QED) is 0.188. The molecule has 7 heteroatoms. The summed E-state index contributed by atoms with van der Waals surface area (Å²) in [5, 5.41) is 6.85. The van der Waals surface area contributed by atoms with E-state index >= 15 is 0 Å². The van der Waals surface area contributed by atoms with Crippen molar-refractivity contribution < 1.29 is 9.47 Å². The highest BCUT2D eigenvalue weighted by Crippen LogP contribution is 2.21. The normalized spacial score (nSPS) is 22.5. The highest BCUT2D eigenvalue weighted by atomic mass is 127. The molecule has 2 unspecified atom stereocenters. The van der Waals surface area contributed by atoms with Gasteiger partial charge in [-0.3, -0.25) is 9.89 Å². The minimum atomic E-state index is 0. The first-order valence-electron chi connectivity index (χ1n) is 11.5. The minimum Gasteiger partial charge on any atom is -0.381 e. The molecule has 0 aromatic heterocycles. The van der Waals surface area contributed by atoms with Crippen LogP contribution in [0.4, 0.5) is 0 Å². The van der Waals surface area contributed by atoms with Gasteiger partial charge in [0, 0.05) is 38.3 Å². The summed E-state index contributed by atoms with van der Waals surface area (Å²) in [5.41, 5.74) is 0. The van der Waals surface area contributed by atoms with Crippen molar-refractivity contribution >= 4 is 29.9 Å². The molecule has 172 valence electrons. The second kappa shape index (κ2) is 15.6. The molecular formula is C22H45IN4O2. The predicted octanol–water partition coefficient (Wildman–Crippen LogP) is 3.36. The van der Waals surface area contributed by atoms with E-state index in [0.717, 1.165) is 70.8 Å². The smallest absolute Gasteiger partial charge is 0.191 e. The number of guanidine groups is 1. The molecule has 6 nitrogen and oxygen atoms in total. The second-order valence-corrected chi connectivity index (χ2v) is 8.83. The van der Waals surface area contributed by atoms with Crippen molar-refractivity contribution in [3.8, 4) is 0 Å². The Morgan fingerprint density at radius 3 is 2.59 bits per heavy atom. The standard InChI is InChI=1S/C22H44N4O2.HI/c1-5-23-22(24-10-6-13-27-16-20-9-14-28-17-20)25-15-21(18(2)3)26-11-7-19(4)8-12-26;/h18-21H,5-17H2,1-4H3,(H2,23,24,25);1H. The molecule has 0 aliphatic carbocycles. The van der Waals surface area contributed by atoms with Gasteiger partial charge in [0.2, 0.25) is 0 Å². The lowest BCUT2D eigenvalue weighted by molar-refractivity contribution is 0.0888. The van der Waals surface area contributed by atoms with Crippen LogP contribution in [-0.2, 0) is 9.47 Å². The maximum atomic E-state index is 5.79. The first-order chi connectivity index (χ1) is 13.6. The van der Waals surface area contributed by atoms with E-state index in [4.69, 9.17) is 14.5 Å². The van der Waals surface area contributed by atoms with Crippen LogP contribution in [0.3, 0.4) is 0 Å². The highest BCUT2D eigenvalue weighted by Gasteiger charge is 2.25. The zero-order chi connectivity index (χ0) is 20.2. The lowest BCUT2D eigenvalue weighted by Crippen LogP contribution is -2.46. The molecule has 2 aliphatic heterocycles. The van der Waals surface area contributed by atoms with Crippen LogP contribution >= 0.6 is 24.0 Å². The van der Waals surface area contributed by atoms with Crippen molar-refractivity contribution in [2.75, 3.05) is 59.2 Å². The lowest BCUT2D eigenvalue weighted by Gasteiger charge is -2.38. The Kier molecular flexibility index (Phi) is 14.5. The molecule has 2 saturated heterocycles. The van der Waals surface area contributed by atoms with Crippen LogP contribution in [0.15, 0.2) is 4.99 Å². The van der Waals surface area contributed by atoms with Crippen LogP contribution in [0.25, 0.3) is 0 Å². The van der Waals surface area contributed by atoms with Crippen molar-refractivity contribution in [1.29, 1.82) is 0 Å². The molecule has 2 N–H and O–H groups in total. The third-order valence-corrected chi connectivity index (χ3v) is 5.97. The largest absolute Gasteiger partial charge is 0.381 e. The van der Waals surface area contributed by atoms with E-state index in [-0.39, 0.29) is 24.0 Å². The number of likely N-dealkylation sites (tertiary alicyclic amines) is 1. The number of piperidine rings is 1. The Morgan fingerprint density at radius 1 is 1.21 bits per heavy atom. The first kappa shape index (κ1) is 26.9. The molecule has 0 amide bonds. The molecule has 0 spiro atoms. The van der Waals surface area contributed by atoms with E-state index in [2.05, 4.69) is 43.2 Å². The molecule has 29 heavy (non-hydrogen) atoms. The molecule has 2 heterocycles. The Labute approximate surface area is 196 Å². The zero-order valence-corrected chi connectivity index (χ0v) is 21.5. The number of rotatable bonds is 11. The molecule has 0 aromatic rings. The van der Waals surface area contributed by atoms with Crippen molar-refractivity contribution in [3.63, 3.8) is 0 Å². The third kappa shape index (κ3) is 10.6. The number of hydrogen-bond donors (Lipinski definition) is 2. The summed E-state index contributed by atoms with van der Waals surface area (Å²) in [6.45, 7) is 17.6. The average Bonchev–Trinajstić information content (AvgIpc) is 3.19. The SMILES string of the molecule is CCNC(=NCC(C(C)C)N1CCC(C)CC1)NCCCOCC1CCOC1.I. The van der Waals surface area contributed by atoms with Gasteiger partial charge in [0.05, 0.1) is 19.8 Å². The van der Waals surface area contributed by atoms with Crippen molar-refractivity contribution in [1.82, 2.24) is 15.5 Å². The van der Waals surface area contributed by atoms with Gasteiger partial charge in [0.15, 0.2) is 5.96 Å². The van der Waals surface area contributed by atoms with Gasteiger partial charge in [-0.1, -0.05) is 20.8 Å².